The predicted molar refractivity (Wildman–Crippen MR) is 75.1 cm³/mol. The van der Waals surface area contributed by atoms with Gasteiger partial charge in [-0.05, 0) is 49.0 Å². The van der Waals surface area contributed by atoms with Gasteiger partial charge in [0.25, 0.3) is 0 Å². The lowest BCUT2D eigenvalue weighted by Gasteiger charge is -2.47. The van der Waals surface area contributed by atoms with E-state index in [2.05, 4.69) is 33.0 Å². The lowest BCUT2D eigenvalue weighted by Crippen LogP contribution is -2.42. The number of nitrogens with one attached hydrogen (secondary N) is 1. The lowest BCUT2D eigenvalue weighted by molar-refractivity contribution is 0.0401. The summed E-state index contributed by atoms with van der Waals surface area (Å²) < 4.78 is 0. The highest BCUT2D eigenvalue weighted by molar-refractivity contribution is 4.91. The Hall–Kier alpha value is -0.0400. The van der Waals surface area contributed by atoms with E-state index < -0.39 is 0 Å². The van der Waals surface area contributed by atoms with Crippen LogP contribution in [0.15, 0.2) is 0 Å². The fourth-order valence-corrected chi connectivity index (χ4v) is 3.76. The zero-order valence-electron chi connectivity index (χ0n) is 12.3. The predicted octanol–water partition coefficient (Wildman–Crippen LogP) is 4.23. The van der Waals surface area contributed by atoms with Crippen molar-refractivity contribution in [2.75, 3.05) is 6.54 Å². The zero-order valence-corrected chi connectivity index (χ0v) is 12.3. The molecule has 2 fully saturated rings. The molecule has 2 unspecified atom stereocenters. The van der Waals surface area contributed by atoms with Gasteiger partial charge in [-0.2, -0.15) is 0 Å². The number of rotatable bonds is 4. The molecule has 0 aromatic carbocycles. The molecule has 1 N–H and O–H groups in total. The van der Waals surface area contributed by atoms with E-state index in [0.717, 1.165) is 17.8 Å². The van der Waals surface area contributed by atoms with Gasteiger partial charge in [-0.15, -0.1) is 0 Å². The van der Waals surface area contributed by atoms with E-state index in [1.165, 1.54) is 45.1 Å². The van der Waals surface area contributed by atoms with Crippen molar-refractivity contribution in [3.63, 3.8) is 0 Å². The Kier molecular flexibility index (Phi) is 4.18. The van der Waals surface area contributed by atoms with Crippen LogP contribution in [-0.2, 0) is 0 Å². The maximum absolute atomic E-state index is 3.68. The first-order valence-corrected chi connectivity index (χ1v) is 7.71. The molecular weight excluding hydrogens is 206 g/mol. The van der Waals surface area contributed by atoms with Crippen LogP contribution in [0.25, 0.3) is 0 Å². The first-order valence-electron chi connectivity index (χ1n) is 7.71. The van der Waals surface area contributed by atoms with Gasteiger partial charge in [-0.1, -0.05) is 47.0 Å². The van der Waals surface area contributed by atoms with Gasteiger partial charge in [0.15, 0.2) is 0 Å². The van der Waals surface area contributed by atoms with Gasteiger partial charge in [0, 0.05) is 6.04 Å². The van der Waals surface area contributed by atoms with Crippen molar-refractivity contribution in [3.05, 3.63) is 0 Å². The average molecular weight is 237 g/mol. The summed E-state index contributed by atoms with van der Waals surface area (Å²) in [6.45, 7) is 10.8. The van der Waals surface area contributed by atoms with E-state index in [1.54, 1.807) is 0 Å². The summed E-state index contributed by atoms with van der Waals surface area (Å²) in [5, 5.41) is 3.68. The van der Waals surface area contributed by atoms with E-state index >= 15 is 0 Å². The molecule has 100 valence electrons. The molecule has 2 atom stereocenters. The number of hydrogen-bond acceptors (Lipinski definition) is 1. The van der Waals surface area contributed by atoms with E-state index in [1.807, 2.05) is 0 Å². The van der Waals surface area contributed by atoms with Gasteiger partial charge in [0.2, 0.25) is 0 Å². The van der Waals surface area contributed by atoms with Crippen molar-refractivity contribution >= 4 is 0 Å². The van der Waals surface area contributed by atoms with E-state index in [9.17, 15) is 0 Å². The second kappa shape index (κ2) is 5.30. The molecule has 2 aliphatic carbocycles. The summed E-state index contributed by atoms with van der Waals surface area (Å²) in [6.07, 6.45) is 8.88. The Morgan fingerprint density at radius 1 is 1.18 bits per heavy atom. The van der Waals surface area contributed by atoms with E-state index in [0.29, 0.717) is 11.5 Å². The Bertz CT molecular complexity index is 238. The molecule has 17 heavy (non-hydrogen) atoms. The smallest absolute Gasteiger partial charge is 0.00104 e. The summed E-state index contributed by atoms with van der Waals surface area (Å²) in [5.41, 5.74) is 0.606. The zero-order chi connectivity index (χ0) is 12.5. The Morgan fingerprint density at radius 3 is 2.41 bits per heavy atom. The Morgan fingerprint density at radius 2 is 1.88 bits per heavy atom. The minimum Gasteiger partial charge on any atom is -0.314 e. The Labute approximate surface area is 108 Å². The molecule has 0 aromatic rings. The third kappa shape index (κ3) is 3.47. The minimum atomic E-state index is 0.606. The van der Waals surface area contributed by atoms with Gasteiger partial charge in [0.05, 0.1) is 0 Å². The third-order valence-corrected chi connectivity index (χ3v) is 5.13. The van der Waals surface area contributed by atoms with E-state index in [4.69, 9.17) is 0 Å². The molecule has 0 saturated heterocycles. The highest BCUT2D eigenvalue weighted by Crippen LogP contribution is 2.49. The minimum absolute atomic E-state index is 0.606. The van der Waals surface area contributed by atoms with Crippen molar-refractivity contribution in [1.82, 2.24) is 5.32 Å². The SMILES string of the molecule is CC(C)NCC1CCC(C)(C)CC1C1CCC1. The largest absolute Gasteiger partial charge is 0.314 e. The van der Waals surface area contributed by atoms with Crippen LogP contribution in [0.3, 0.4) is 0 Å². The van der Waals surface area contributed by atoms with Gasteiger partial charge in [0.1, 0.15) is 0 Å². The van der Waals surface area contributed by atoms with Crippen LogP contribution in [0.4, 0.5) is 0 Å². The molecule has 0 aromatic heterocycles. The Balaban J connectivity index is 1.93. The normalized spacial score (nSPS) is 33.7. The van der Waals surface area contributed by atoms with Gasteiger partial charge >= 0.3 is 0 Å². The molecule has 1 nitrogen and oxygen atoms in total. The summed E-state index contributed by atoms with van der Waals surface area (Å²) in [6, 6.07) is 0.645. The van der Waals surface area contributed by atoms with Crippen molar-refractivity contribution < 1.29 is 0 Å². The lowest BCUT2D eigenvalue weighted by atomic mass is 9.59. The van der Waals surface area contributed by atoms with Crippen LogP contribution in [0.5, 0.6) is 0 Å². The molecule has 1 heteroatoms. The molecule has 0 heterocycles. The first kappa shape index (κ1) is 13.4. The molecule has 0 bridgehead atoms. The summed E-state index contributed by atoms with van der Waals surface area (Å²) in [4.78, 5) is 0. The quantitative estimate of drug-likeness (QED) is 0.771. The van der Waals surface area contributed by atoms with Crippen molar-refractivity contribution in [1.29, 1.82) is 0 Å². The van der Waals surface area contributed by atoms with Gasteiger partial charge in [-0.3, -0.25) is 0 Å². The average Bonchev–Trinajstić information content (AvgIpc) is 2.12. The maximum atomic E-state index is 3.68. The van der Waals surface area contributed by atoms with Gasteiger partial charge in [-0.25, -0.2) is 0 Å². The highest BCUT2D eigenvalue weighted by atomic mass is 14.9. The van der Waals surface area contributed by atoms with Crippen LogP contribution in [0.2, 0.25) is 0 Å². The molecule has 0 spiro atoms. The molecule has 2 aliphatic rings. The second-order valence-electron chi connectivity index (χ2n) is 7.58. The monoisotopic (exact) mass is 237 g/mol. The van der Waals surface area contributed by atoms with Crippen LogP contribution >= 0.6 is 0 Å². The third-order valence-electron chi connectivity index (χ3n) is 5.13. The molecule has 2 rings (SSSR count). The van der Waals surface area contributed by atoms with Crippen LogP contribution in [0.1, 0.15) is 66.2 Å². The van der Waals surface area contributed by atoms with Crippen LogP contribution in [0, 0.1) is 23.2 Å². The topological polar surface area (TPSA) is 12.0 Å². The molecule has 0 radical (unpaired) electrons. The van der Waals surface area contributed by atoms with Crippen LogP contribution in [-0.4, -0.2) is 12.6 Å². The fourth-order valence-electron chi connectivity index (χ4n) is 3.76. The summed E-state index contributed by atoms with van der Waals surface area (Å²) >= 11 is 0. The molecule has 0 amide bonds. The molecular formula is C16H31N. The molecule has 0 aliphatic heterocycles. The van der Waals surface area contributed by atoms with E-state index in [-0.39, 0.29) is 0 Å². The standard InChI is InChI=1S/C16H31N/c1-12(2)17-11-14-8-9-16(3,4)10-15(14)13-6-5-7-13/h12-15,17H,5-11H2,1-4H3. The second-order valence-corrected chi connectivity index (χ2v) is 7.58. The van der Waals surface area contributed by atoms with Crippen molar-refractivity contribution in [3.8, 4) is 0 Å². The van der Waals surface area contributed by atoms with Crippen molar-refractivity contribution in [2.24, 2.45) is 23.2 Å². The highest BCUT2D eigenvalue weighted by Gasteiger charge is 2.40. The molecule has 2 saturated carbocycles. The van der Waals surface area contributed by atoms with Crippen molar-refractivity contribution in [2.45, 2.75) is 72.3 Å². The maximum Gasteiger partial charge on any atom is 0.00104 e. The first-order chi connectivity index (χ1) is 7.98. The van der Waals surface area contributed by atoms with Gasteiger partial charge < -0.3 is 5.32 Å². The fraction of sp³-hybridized carbons (Fsp3) is 1.00. The number of hydrogen-bond donors (Lipinski definition) is 1. The summed E-state index contributed by atoms with van der Waals surface area (Å²) in [5.74, 6) is 3.03. The summed E-state index contributed by atoms with van der Waals surface area (Å²) in [7, 11) is 0. The van der Waals surface area contributed by atoms with Crippen LogP contribution < -0.4 is 5.32 Å².